The first-order valence-corrected chi connectivity index (χ1v) is 11.4. The van der Waals surface area contributed by atoms with E-state index < -0.39 is 33.7 Å². The number of rotatable bonds is 4. The molecule has 3 heterocycles. The van der Waals surface area contributed by atoms with Crippen molar-refractivity contribution in [2.75, 3.05) is 5.32 Å². The fourth-order valence-electron chi connectivity index (χ4n) is 4.03. The van der Waals surface area contributed by atoms with Gasteiger partial charge in [-0.3, -0.25) is 14.6 Å². The lowest BCUT2D eigenvalue weighted by molar-refractivity contribution is -0.131. The van der Waals surface area contributed by atoms with Crippen molar-refractivity contribution in [2.24, 2.45) is 10.3 Å². The Labute approximate surface area is 184 Å². The first-order chi connectivity index (χ1) is 15.5. The van der Waals surface area contributed by atoms with Gasteiger partial charge in [-0.25, -0.2) is 0 Å². The van der Waals surface area contributed by atoms with Gasteiger partial charge in [-0.1, -0.05) is 48.5 Å². The number of fused-ring (bicyclic) bond motifs is 1. The molecule has 0 bridgehead atoms. The molecule has 0 saturated carbocycles. The molecule has 5 rings (SSSR count). The molecule has 1 N–H and O–H groups in total. The van der Waals surface area contributed by atoms with Crippen molar-refractivity contribution in [2.45, 2.75) is 17.5 Å². The van der Waals surface area contributed by atoms with Crippen LogP contribution in [-0.2, 0) is 26.2 Å². The third-order valence-corrected chi connectivity index (χ3v) is 6.83. The number of pyridine rings is 1. The lowest BCUT2D eigenvalue weighted by atomic mass is 9.99. The molecule has 3 aromatic rings. The highest BCUT2D eigenvalue weighted by Gasteiger charge is 2.52. The molecule has 2 aliphatic heterocycles. The maximum Gasteiger partial charge on any atom is 0.286 e. The van der Waals surface area contributed by atoms with Crippen LogP contribution in [0.4, 0.5) is 5.69 Å². The number of anilines is 1. The van der Waals surface area contributed by atoms with Gasteiger partial charge in [-0.05, 0) is 29.8 Å². The Morgan fingerprint density at radius 3 is 2.38 bits per heavy atom. The number of Topliss-reactive ketones (excluding diaryl/α,β-unsaturated/α-hetero) is 1. The lowest BCUT2D eigenvalue weighted by Gasteiger charge is -2.23. The third kappa shape index (κ3) is 3.36. The number of para-hydroxylation sites is 1. The van der Waals surface area contributed by atoms with E-state index in [-0.39, 0.29) is 23.0 Å². The Bertz CT molecular complexity index is 1340. The van der Waals surface area contributed by atoms with Gasteiger partial charge in [0.05, 0.1) is 11.4 Å². The fourth-order valence-corrected chi connectivity index (χ4v) is 5.19. The van der Waals surface area contributed by atoms with Crippen LogP contribution >= 0.6 is 0 Å². The number of carbonyl (C=O) groups excluding carboxylic acids is 2. The number of aromatic nitrogens is 1. The first-order valence-electron chi connectivity index (χ1n) is 9.96. The Hall–Kier alpha value is -3.85. The summed E-state index contributed by atoms with van der Waals surface area (Å²) in [7, 11) is -4.05. The van der Waals surface area contributed by atoms with Gasteiger partial charge in [0.25, 0.3) is 10.0 Å². The van der Waals surface area contributed by atoms with E-state index in [0.717, 1.165) is 5.56 Å². The molecule has 1 fully saturated rings. The molecule has 160 valence electrons. The zero-order chi connectivity index (χ0) is 22.3. The second-order valence-electron chi connectivity index (χ2n) is 7.52. The fraction of sp³-hybridized carbons (Fsp3) is 0.130. The quantitative estimate of drug-likeness (QED) is 0.617. The second kappa shape index (κ2) is 7.69. The van der Waals surface area contributed by atoms with Crippen LogP contribution < -0.4 is 5.32 Å². The van der Waals surface area contributed by atoms with Crippen LogP contribution in [0.1, 0.15) is 17.3 Å². The van der Waals surface area contributed by atoms with Gasteiger partial charge in [0.2, 0.25) is 5.91 Å². The molecular weight excluding hydrogens is 428 g/mol. The Kier molecular flexibility index (Phi) is 4.82. The van der Waals surface area contributed by atoms with E-state index in [2.05, 4.69) is 14.7 Å². The highest BCUT2D eigenvalue weighted by Crippen LogP contribution is 2.37. The van der Waals surface area contributed by atoms with Crippen LogP contribution in [0.15, 0.2) is 88.3 Å². The molecule has 32 heavy (non-hydrogen) atoms. The van der Waals surface area contributed by atoms with Crippen molar-refractivity contribution in [3.8, 4) is 0 Å². The highest BCUT2D eigenvalue weighted by molar-refractivity contribution is 7.90. The van der Waals surface area contributed by atoms with Crippen LogP contribution in [0.3, 0.4) is 0 Å². The molecular formula is C23H18N4O4S. The number of amidine groups is 1. The molecule has 0 aliphatic carbocycles. The molecule has 2 aliphatic rings. The molecule has 9 heteroatoms. The maximum atomic E-state index is 13.5. The molecule has 2 aromatic carbocycles. The summed E-state index contributed by atoms with van der Waals surface area (Å²) in [6, 6.07) is 19.7. The van der Waals surface area contributed by atoms with Crippen LogP contribution in [0.25, 0.3) is 0 Å². The monoisotopic (exact) mass is 446 g/mol. The van der Waals surface area contributed by atoms with Gasteiger partial charge in [-0.2, -0.15) is 8.42 Å². The number of amides is 1. The standard InChI is InChI=1S/C23H18N4O4S/c28-21-19(22-25-16-10-4-5-12-18(16)32(30,31)26-22)23(29)27(14-15-8-2-1-3-9-15)20(21)17-11-6-7-13-24-17/h1-13,19-20H,14H2,(H,25,26). The zero-order valence-corrected chi connectivity index (χ0v) is 17.6. The number of nitrogens with zero attached hydrogens (tertiary/aromatic N) is 3. The van der Waals surface area contributed by atoms with Crippen molar-refractivity contribution < 1.29 is 18.0 Å². The molecule has 2 atom stereocenters. The largest absolute Gasteiger partial charge is 0.341 e. The Morgan fingerprint density at radius 1 is 0.906 bits per heavy atom. The van der Waals surface area contributed by atoms with Crippen molar-refractivity contribution in [1.82, 2.24) is 9.88 Å². The number of ketones is 1. The van der Waals surface area contributed by atoms with Crippen molar-refractivity contribution in [1.29, 1.82) is 0 Å². The van der Waals surface area contributed by atoms with Gasteiger partial charge < -0.3 is 10.2 Å². The molecule has 1 saturated heterocycles. The smallest absolute Gasteiger partial charge is 0.286 e. The summed E-state index contributed by atoms with van der Waals surface area (Å²) in [4.78, 5) is 32.7. The van der Waals surface area contributed by atoms with E-state index in [1.54, 1.807) is 42.6 Å². The van der Waals surface area contributed by atoms with Crippen LogP contribution in [0.5, 0.6) is 0 Å². The SMILES string of the molecule is O=C1C(C2=NS(=O)(=O)c3ccccc3N2)C(=O)N(Cc2ccccc2)C1c1ccccn1. The van der Waals surface area contributed by atoms with E-state index in [1.165, 1.54) is 11.0 Å². The lowest BCUT2D eigenvalue weighted by Crippen LogP contribution is -2.37. The number of sulfonamides is 1. The average Bonchev–Trinajstić information content (AvgIpc) is 3.04. The van der Waals surface area contributed by atoms with Crippen LogP contribution in [-0.4, -0.2) is 35.8 Å². The second-order valence-corrected chi connectivity index (χ2v) is 9.09. The summed E-state index contributed by atoms with van der Waals surface area (Å²) in [5.74, 6) is -2.54. The normalized spacial score (nSPS) is 21.6. The minimum Gasteiger partial charge on any atom is -0.341 e. The summed E-state index contributed by atoms with van der Waals surface area (Å²) >= 11 is 0. The number of hydrogen-bond donors (Lipinski definition) is 1. The highest BCUT2D eigenvalue weighted by atomic mass is 32.2. The predicted octanol–water partition coefficient (Wildman–Crippen LogP) is 2.56. The molecule has 1 amide bonds. The van der Waals surface area contributed by atoms with Crippen LogP contribution in [0, 0.1) is 5.92 Å². The van der Waals surface area contributed by atoms with Crippen molar-refractivity contribution in [3.05, 3.63) is 90.3 Å². The summed E-state index contributed by atoms with van der Waals surface area (Å²) in [6.07, 6.45) is 1.55. The van der Waals surface area contributed by atoms with Gasteiger partial charge >= 0.3 is 0 Å². The zero-order valence-electron chi connectivity index (χ0n) is 16.8. The first kappa shape index (κ1) is 20.1. The number of benzene rings is 2. The number of hydrogen-bond acceptors (Lipinski definition) is 6. The minimum atomic E-state index is -4.05. The average molecular weight is 446 g/mol. The molecule has 1 aromatic heterocycles. The minimum absolute atomic E-state index is 0.00376. The number of nitrogens with one attached hydrogen (secondary N) is 1. The number of likely N-dealkylation sites (tertiary alicyclic amines) is 1. The molecule has 8 nitrogen and oxygen atoms in total. The summed E-state index contributed by atoms with van der Waals surface area (Å²) < 4.78 is 29.2. The molecule has 2 unspecified atom stereocenters. The van der Waals surface area contributed by atoms with E-state index in [1.807, 2.05) is 30.3 Å². The summed E-state index contributed by atoms with van der Waals surface area (Å²) in [5, 5.41) is 2.89. The van der Waals surface area contributed by atoms with Gasteiger partial charge in [0, 0.05) is 12.7 Å². The topological polar surface area (TPSA) is 109 Å². The van der Waals surface area contributed by atoms with Crippen LogP contribution in [0.2, 0.25) is 0 Å². The Balaban J connectivity index is 1.58. The predicted molar refractivity (Wildman–Crippen MR) is 117 cm³/mol. The third-order valence-electron chi connectivity index (χ3n) is 5.48. The Morgan fingerprint density at radius 2 is 1.62 bits per heavy atom. The van der Waals surface area contributed by atoms with E-state index in [0.29, 0.717) is 5.69 Å². The van der Waals surface area contributed by atoms with Gasteiger partial charge in [-0.15, -0.1) is 4.40 Å². The van der Waals surface area contributed by atoms with Crippen molar-refractivity contribution in [3.63, 3.8) is 0 Å². The van der Waals surface area contributed by atoms with E-state index in [4.69, 9.17) is 0 Å². The van der Waals surface area contributed by atoms with Crippen molar-refractivity contribution >= 4 is 33.2 Å². The van der Waals surface area contributed by atoms with Gasteiger partial charge in [0.1, 0.15) is 16.8 Å². The maximum absolute atomic E-state index is 13.5. The van der Waals surface area contributed by atoms with E-state index in [9.17, 15) is 18.0 Å². The summed E-state index contributed by atoms with van der Waals surface area (Å²) in [5.41, 5.74) is 1.55. The summed E-state index contributed by atoms with van der Waals surface area (Å²) in [6.45, 7) is 0.180. The number of carbonyl (C=O) groups is 2. The van der Waals surface area contributed by atoms with Gasteiger partial charge in [0.15, 0.2) is 11.7 Å². The van der Waals surface area contributed by atoms with E-state index >= 15 is 0 Å². The molecule has 0 radical (unpaired) electrons. The molecule has 0 spiro atoms.